The molecule has 1 aliphatic rings. The minimum Gasteiger partial charge on any atom is -0.0955 e. The highest BCUT2D eigenvalue weighted by molar-refractivity contribution is 5.64. The molecule has 0 amide bonds. The summed E-state index contributed by atoms with van der Waals surface area (Å²) in [7, 11) is 0. The van der Waals surface area contributed by atoms with Gasteiger partial charge in [-0.15, -0.1) is 0 Å². The monoisotopic (exact) mass is 288 g/mol. The average Bonchev–Trinajstić information content (AvgIpc) is 2.53. The Kier molecular flexibility index (Phi) is 4.58. The first kappa shape index (κ1) is 14.8. The molecule has 0 heteroatoms. The number of benzene rings is 2. The van der Waals surface area contributed by atoms with Crippen LogP contribution < -0.4 is 0 Å². The van der Waals surface area contributed by atoms with Crippen LogP contribution in [0.15, 0.2) is 78.4 Å². The number of rotatable bonds is 6. The quantitative estimate of drug-likeness (QED) is 0.568. The van der Waals surface area contributed by atoms with Crippen molar-refractivity contribution in [3.8, 4) is 11.1 Å². The molecule has 0 saturated heterocycles. The van der Waals surface area contributed by atoms with E-state index in [9.17, 15) is 0 Å². The normalized spacial score (nSPS) is 16.8. The lowest BCUT2D eigenvalue weighted by Crippen LogP contribution is -2.12. The summed E-state index contributed by atoms with van der Waals surface area (Å²) in [4.78, 5) is 0. The van der Waals surface area contributed by atoms with Gasteiger partial charge in [0.1, 0.15) is 0 Å². The van der Waals surface area contributed by atoms with Crippen molar-refractivity contribution in [2.24, 2.45) is 0 Å². The summed E-state index contributed by atoms with van der Waals surface area (Å²) in [6.07, 6.45) is 7.14. The van der Waals surface area contributed by atoms with Crippen molar-refractivity contribution in [1.82, 2.24) is 0 Å². The number of hydrogen-bond acceptors (Lipinski definition) is 0. The summed E-state index contributed by atoms with van der Waals surface area (Å²) >= 11 is 0. The summed E-state index contributed by atoms with van der Waals surface area (Å²) in [6, 6.07) is 19.6. The Morgan fingerprint density at radius 3 is 2.27 bits per heavy atom. The molecule has 0 fully saturated rings. The molecule has 112 valence electrons. The van der Waals surface area contributed by atoms with Gasteiger partial charge < -0.3 is 0 Å². The van der Waals surface area contributed by atoms with Crippen LogP contribution in [0.4, 0.5) is 0 Å². The molecule has 1 aliphatic carbocycles. The Bertz CT molecular complexity index is 659. The van der Waals surface area contributed by atoms with Crippen LogP contribution in [0, 0.1) is 0 Å². The van der Waals surface area contributed by atoms with Gasteiger partial charge in [-0.05, 0) is 41.5 Å². The van der Waals surface area contributed by atoms with Crippen molar-refractivity contribution in [3.05, 3.63) is 84.0 Å². The average molecular weight is 288 g/mol. The summed E-state index contributed by atoms with van der Waals surface area (Å²) in [5.41, 5.74) is 6.81. The molecule has 0 N–H and O–H groups in total. The first-order chi connectivity index (χ1) is 10.8. The molecule has 0 saturated carbocycles. The number of unbranched alkanes of at least 4 members (excludes halogenated alkanes) is 1. The highest BCUT2D eigenvalue weighted by Gasteiger charge is 2.24. The zero-order valence-electron chi connectivity index (χ0n) is 13.4. The van der Waals surface area contributed by atoms with Gasteiger partial charge >= 0.3 is 0 Å². The predicted molar refractivity (Wildman–Crippen MR) is 96.0 cm³/mol. The van der Waals surface area contributed by atoms with E-state index in [0.29, 0.717) is 5.92 Å². The third-order valence-corrected chi connectivity index (χ3v) is 4.61. The van der Waals surface area contributed by atoms with E-state index in [1.807, 2.05) is 0 Å². The van der Waals surface area contributed by atoms with E-state index >= 15 is 0 Å². The van der Waals surface area contributed by atoms with E-state index in [-0.39, 0.29) is 0 Å². The highest BCUT2D eigenvalue weighted by atomic mass is 14.3. The second-order valence-electron chi connectivity index (χ2n) is 6.14. The van der Waals surface area contributed by atoms with Gasteiger partial charge in [0.05, 0.1) is 0 Å². The fraction of sp³-hybridized carbons (Fsp3) is 0.273. The maximum atomic E-state index is 4.29. The Balaban J connectivity index is 1.72. The van der Waals surface area contributed by atoms with Crippen molar-refractivity contribution in [2.75, 3.05) is 0 Å². The molecular formula is C22H24. The minimum absolute atomic E-state index is 0.564. The van der Waals surface area contributed by atoms with Crippen molar-refractivity contribution in [2.45, 2.75) is 38.5 Å². The largest absolute Gasteiger partial charge is 0.0955 e. The first-order valence-corrected chi connectivity index (χ1v) is 8.33. The number of allylic oxidation sites excluding steroid dienone is 3. The summed E-state index contributed by atoms with van der Waals surface area (Å²) in [6.45, 7) is 6.53. The van der Waals surface area contributed by atoms with E-state index in [4.69, 9.17) is 0 Å². The molecule has 0 aliphatic heterocycles. The van der Waals surface area contributed by atoms with Crippen LogP contribution in [0.2, 0.25) is 0 Å². The Morgan fingerprint density at radius 2 is 1.68 bits per heavy atom. The fourth-order valence-electron chi connectivity index (χ4n) is 3.13. The van der Waals surface area contributed by atoms with Crippen molar-refractivity contribution < 1.29 is 0 Å². The van der Waals surface area contributed by atoms with Gasteiger partial charge in [0.25, 0.3) is 0 Å². The van der Waals surface area contributed by atoms with Crippen LogP contribution in [0.3, 0.4) is 0 Å². The lowest BCUT2D eigenvalue weighted by Gasteiger charge is -2.29. The smallest absolute Gasteiger partial charge is 0.0123 e. The Morgan fingerprint density at radius 1 is 1.00 bits per heavy atom. The molecule has 22 heavy (non-hydrogen) atoms. The topological polar surface area (TPSA) is 0 Å². The van der Waals surface area contributed by atoms with Gasteiger partial charge in [-0.25, -0.2) is 0 Å². The molecule has 0 nitrogen and oxygen atoms in total. The molecule has 2 aromatic carbocycles. The predicted octanol–water partition coefficient (Wildman–Crippen LogP) is 6.51. The molecule has 0 aromatic heterocycles. The van der Waals surface area contributed by atoms with Crippen molar-refractivity contribution in [3.63, 3.8) is 0 Å². The molecule has 1 unspecified atom stereocenters. The summed E-state index contributed by atoms with van der Waals surface area (Å²) in [5, 5.41) is 0. The van der Waals surface area contributed by atoms with E-state index in [1.54, 1.807) is 0 Å². The Labute approximate surface area is 134 Å². The molecule has 3 rings (SSSR count). The molecule has 0 spiro atoms. The molecule has 2 aromatic rings. The van der Waals surface area contributed by atoms with Crippen LogP contribution in [-0.2, 0) is 0 Å². The third-order valence-electron chi connectivity index (χ3n) is 4.61. The van der Waals surface area contributed by atoms with Crippen molar-refractivity contribution >= 4 is 0 Å². The Hall–Kier alpha value is -2.08. The zero-order valence-corrected chi connectivity index (χ0v) is 13.4. The van der Waals surface area contributed by atoms with E-state index in [2.05, 4.69) is 74.2 Å². The zero-order chi connectivity index (χ0) is 15.4. The second-order valence-corrected chi connectivity index (χ2v) is 6.14. The molecule has 1 atom stereocenters. The van der Waals surface area contributed by atoms with Crippen LogP contribution in [0.1, 0.15) is 44.1 Å². The van der Waals surface area contributed by atoms with Crippen molar-refractivity contribution in [1.29, 1.82) is 0 Å². The maximum absolute atomic E-state index is 4.29. The van der Waals surface area contributed by atoms with Crippen LogP contribution >= 0.6 is 0 Å². The standard InChI is InChI=1S/C22H24/c1-3-4-8-17(2)21-15-16-22(21)20-13-11-19(12-14-20)18-9-6-5-7-10-18/h5-7,9-15,22H,2-4,8,16H2,1H3. The van der Waals surface area contributed by atoms with Gasteiger partial charge in [-0.3, -0.25) is 0 Å². The minimum atomic E-state index is 0.564. The molecule has 0 radical (unpaired) electrons. The van der Waals surface area contributed by atoms with Gasteiger partial charge in [0.2, 0.25) is 0 Å². The lowest BCUT2D eigenvalue weighted by molar-refractivity contribution is 0.704. The molecule has 0 heterocycles. The van der Waals surface area contributed by atoms with Crippen LogP contribution in [0.5, 0.6) is 0 Å². The van der Waals surface area contributed by atoms with E-state index < -0.39 is 0 Å². The van der Waals surface area contributed by atoms with E-state index in [0.717, 1.165) is 12.8 Å². The SMILES string of the molecule is C=C(CCCC)C1=CCC1c1ccc(-c2ccccc2)cc1. The van der Waals surface area contributed by atoms with Crippen LogP contribution in [0.25, 0.3) is 11.1 Å². The second kappa shape index (κ2) is 6.79. The third kappa shape index (κ3) is 3.06. The summed E-state index contributed by atoms with van der Waals surface area (Å²) in [5.74, 6) is 0.564. The van der Waals surface area contributed by atoms with Gasteiger partial charge in [-0.2, -0.15) is 0 Å². The summed E-state index contributed by atoms with van der Waals surface area (Å²) < 4.78 is 0. The van der Waals surface area contributed by atoms with Crippen LogP contribution in [-0.4, -0.2) is 0 Å². The van der Waals surface area contributed by atoms with Gasteiger partial charge in [0.15, 0.2) is 0 Å². The highest BCUT2D eigenvalue weighted by Crippen LogP contribution is 2.42. The van der Waals surface area contributed by atoms with Gasteiger partial charge in [0, 0.05) is 5.92 Å². The lowest BCUT2D eigenvalue weighted by atomic mass is 9.75. The molecule has 0 bridgehead atoms. The maximum Gasteiger partial charge on any atom is 0.0123 e. The fourth-order valence-corrected chi connectivity index (χ4v) is 3.13. The first-order valence-electron chi connectivity index (χ1n) is 8.33. The molecular weight excluding hydrogens is 264 g/mol. The number of hydrogen-bond donors (Lipinski definition) is 0. The van der Waals surface area contributed by atoms with E-state index in [1.165, 1.54) is 40.7 Å². The van der Waals surface area contributed by atoms with Gasteiger partial charge in [-0.1, -0.05) is 86.2 Å².